The highest BCUT2D eigenvalue weighted by atomic mass is 19.1. The number of aliphatic hydroxyl groups is 2. The summed E-state index contributed by atoms with van der Waals surface area (Å²) in [7, 11) is 0. The fraction of sp³-hybridized carbons (Fsp3) is 0.719. The van der Waals surface area contributed by atoms with E-state index in [0.29, 0.717) is 37.7 Å². The number of aliphatic carboxylic acids is 1. The summed E-state index contributed by atoms with van der Waals surface area (Å²) in [4.78, 5) is 60.3. The topological polar surface area (TPSA) is 155 Å². The van der Waals surface area contributed by atoms with Crippen LogP contribution in [0.4, 0.5) is 4.39 Å². The number of alkyl halides is 1. The lowest BCUT2D eigenvalue weighted by Crippen LogP contribution is -2.69. The van der Waals surface area contributed by atoms with Crippen LogP contribution in [-0.2, 0) is 28.7 Å². The number of esters is 1. The summed E-state index contributed by atoms with van der Waals surface area (Å²) in [6.45, 7) is 4.53. The fourth-order valence-corrected chi connectivity index (χ4v) is 8.62. The smallest absolute Gasteiger partial charge is 0.306 e. The van der Waals surface area contributed by atoms with Crippen LogP contribution in [-0.4, -0.2) is 68.6 Å². The van der Waals surface area contributed by atoms with Crippen LogP contribution >= 0.6 is 0 Å². The maximum atomic E-state index is 17.3. The maximum Gasteiger partial charge on any atom is 0.306 e. The molecule has 4 rings (SSSR count). The van der Waals surface area contributed by atoms with Gasteiger partial charge in [-0.2, -0.15) is 0 Å². The Morgan fingerprint density at radius 2 is 1.71 bits per heavy atom. The second-order valence-electron chi connectivity index (χ2n) is 13.2. The first-order valence-corrected chi connectivity index (χ1v) is 15.1. The lowest BCUT2D eigenvalue weighted by Gasteiger charge is -2.62. The van der Waals surface area contributed by atoms with Crippen LogP contribution < -0.4 is 0 Å². The van der Waals surface area contributed by atoms with Crippen molar-refractivity contribution in [3.63, 3.8) is 0 Å². The molecule has 0 radical (unpaired) electrons. The van der Waals surface area contributed by atoms with Crippen LogP contribution in [0, 0.1) is 28.6 Å². The summed E-state index contributed by atoms with van der Waals surface area (Å²) in [5, 5.41) is 32.0. The number of hydrogen-bond acceptors (Lipinski definition) is 8. The minimum Gasteiger partial charge on any atom is -0.481 e. The number of hydrogen-bond donors (Lipinski definition) is 3. The first-order valence-electron chi connectivity index (χ1n) is 15.1. The zero-order valence-corrected chi connectivity index (χ0v) is 24.7. The normalized spacial score (nSPS) is 38.6. The van der Waals surface area contributed by atoms with Crippen molar-refractivity contribution < 1.29 is 48.4 Å². The Bertz CT molecular complexity index is 1210. The highest BCUT2D eigenvalue weighted by Crippen LogP contribution is 2.70. The third-order valence-corrected chi connectivity index (χ3v) is 10.9. The number of ether oxygens (including phenoxy) is 1. The van der Waals surface area contributed by atoms with E-state index in [0.717, 1.165) is 0 Å². The molecule has 0 aromatic carbocycles. The minimum atomic E-state index is -2.07. The summed E-state index contributed by atoms with van der Waals surface area (Å²) in [6.07, 6.45) is 5.34. The summed E-state index contributed by atoms with van der Waals surface area (Å²) in [5.74, 6) is -4.16. The number of halogens is 1. The van der Waals surface area contributed by atoms with Crippen molar-refractivity contribution >= 4 is 29.3 Å². The molecule has 3 fully saturated rings. The molecule has 8 atom stereocenters. The molecule has 10 heteroatoms. The largest absolute Gasteiger partial charge is 0.481 e. The van der Waals surface area contributed by atoms with Gasteiger partial charge in [0.15, 0.2) is 18.1 Å². The number of carbonyl (C=O) groups excluding carboxylic acids is 4. The van der Waals surface area contributed by atoms with E-state index in [1.165, 1.54) is 12.2 Å². The Kier molecular flexibility index (Phi) is 9.01. The molecule has 9 nitrogen and oxygen atoms in total. The molecule has 0 bridgehead atoms. The fourth-order valence-electron chi connectivity index (χ4n) is 8.62. The molecule has 4 aliphatic carbocycles. The van der Waals surface area contributed by atoms with E-state index in [1.54, 1.807) is 26.8 Å². The first-order chi connectivity index (χ1) is 19.6. The predicted molar refractivity (Wildman–Crippen MR) is 149 cm³/mol. The Morgan fingerprint density at radius 1 is 1.05 bits per heavy atom. The van der Waals surface area contributed by atoms with Gasteiger partial charge in [-0.25, -0.2) is 4.39 Å². The Morgan fingerprint density at radius 3 is 2.40 bits per heavy atom. The molecule has 0 spiro atoms. The SMILES string of the molecule is C[C@@H]1C[C@H]2[C@@H]3CCC4=CC(=O)C=C[C@]4(C)[C@@]3(F)[C@@H](O)C[C@]2(C)[C@@]1(O)C(=O)COC(=O)CCCCC(=O)CCCC(=O)O. The van der Waals surface area contributed by atoms with Crippen molar-refractivity contribution in [2.24, 2.45) is 28.6 Å². The molecule has 0 unspecified atom stereocenters. The van der Waals surface area contributed by atoms with Crippen LogP contribution in [0.2, 0.25) is 0 Å². The lowest BCUT2D eigenvalue weighted by molar-refractivity contribution is -0.220. The van der Waals surface area contributed by atoms with Crippen molar-refractivity contribution in [1.29, 1.82) is 0 Å². The predicted octanol–water partition coefficient (Wildman–Crippen LogP) is 3.83. The monoisotopic (exact) mass is 590 g/mol. The van der Waals surface area contributed by atoms with Crippen LogP contribution in [0.3, 0.4) is 0 Å². The maximum absolute atomic E-state index is 17.3. The van der Waals surface area contributed by atoms with Gasteiger partial charge in [0.1, 0.15) is 11.4 Å². The van der Waals surface area contributed by atoms with E-state index in [2.05, 4.69) is 0 Å². The molecule has 232 valence electrons. The molecule has 0 aromatic rings. The van der Waals surface area contributed by atoms with E-state index < -0.39 is 70.3 Å². The molecule has 0 saturated heterocycles. The Hall–Kier alpha value is -2.72. The molecule has 0 heterocycles. The van der Waals surface area contributed by atoms with Crippen LogP contribution in [0.1, 0.15) is 91.4 Å². The standard InChI is InChI=1S/C32H43FO9/c1-19-15-24-23-12-11-20-16-22(35)13-14-29(20,2)31(23,33)25(36)17-30(24,3)32(19,41)26(37)18-42-28(40)10-5-4-7-21(34)8-6-9-27(38)39/h13-14,16,19,23-25,36,41H,4-12,15,17-18H2,1-3H3,(H,38,39)/t19-,23+,24+,25+,29+,30+,31+,32+/m1/s1. The van der Waals surface area contributed by atoms with E-state index >= 15 is 4.39 Å². The van der Waals surface area contributed by atoms with Gasteiger partial charge in [-0.05, 0) is 75.9 Å². The number of carboxylic acids is 1. The quantitative estimate of drug-likeness (QED) is 0.227. The van der Waals surface area contributed by atoms with Crippen molar-refractivity contribution in [2.45, 2.75) is 109 Å². The Balaban J connectivity index is 1.38. The number of aliphatic hydroxyl groups excluding tert-OH is 1. The van der Waals surface area contributed by atoms with Crippen molar-refractivity contribution in [1.82, 2.24) is 0 Å². The van der Waals surface area contributed by atoms with Gasteiger partial charge in [0.2, 0.25) is 5.78 Å². The molecule has 3 saturated carbocycles. The van der Waals surface area contributed by atoms with Crippen molar-refractivity contribution in [3.8, 4) is 0 Å². The molecular formula is C32H43FO9. The summed E-state index contributed by atoms with van der Waals surface area (Å²) >= 11 is 0. The average Bonchev–Trinajstić information content (AvgIpc) is 3.12. The van der Waals surface area contributed by atoms with Crippen LogP contribution in [0.25, 0.3) is 0 Å². The van der Waals surface area contributed by atoms with Crippen molar-refractivity contribution in [2.75, 3.05) is 6.61 Å². The summed E-state index contributed by atoms with van der Waals surface area (Å²) in [5.41, 5.74) is -5.67. The van der Waals surface area contributed by atoms with Crippen LogP contribution in [0.15, 0.2) is 23.8 Å². The zero-order chi connectivity index (χ0) is 31.1. The number of carbonyl (C=O) groups is 5. The number of unbranched alkanes of at least 4 members (excludes halogenated alkanes) is 1. The molecule has 4 aliphatic rings. The minimum absolute atomic E-state index is 0.0147. The van der Waals surface area contributed by atoms with E-state index in [1.807, 2.05) is 0 Å². The third kappa shape index (κ3) is 5.19. The van der Waals surface area contributed by atoms with Gasteiger partial charge in [0, 0.05) is 42.4 Å². The molecule has 0 aromatic heterocycles. The zero-order valence-electron chi connectivity index (χ0n) is 24.7. The molecule has 42 heavy (non-hydrogen) atoms. The summed E-state index contributed by atoms with van der Waals surface area (Å²) in [6, 6.07) is 0. The lowest BCUT2D eigenvalue weighted by atomic mass is 9.44. The third-order valence-electron chi connectivity index (χ3n) is 10.9. The first kappa shape index (κ1) is 32.2. The van der Waals surface area contributed by atoms with Crippen LogP contribution in [0.5, 0.6) is 0 Å². The number of rotatable bonds is 12. The van der Waals surface area contributed by atoms with Gasteiger partial charge in [0.25, 0.3) is 0 Å². The van der Waals surface area contributed by atoms with Gasteiger partial charge < -0.3 is 20.1 Å². The van der Waals surface area contributed by atoms with E-state index in [4.69, 9.17) is 9.84 Å². The van der Waals surface area contributed by atoms with E-state index in [-0.39, 0.29) is 50.1 Å². The van der Waals surface area contributed by atoms with Gasteiger partial charge in [-0.3, -0.25) is 24.0 Å². The Labute approximate surface area is 245 Å². The highest BCUT2D eigenvalue weighted by Gasteiger charge is 2.75. The number of ketones is 3. The highest BCUT2D eigenvalue weighted by molar-refractivity contribution is 6.01. The second kappa shape index (κ2) is 11.8. The number of fused-ring (bicyclic) bond motifs is 5. The van der Waals surface area contributed by atoms with Gasteiger partial charge >= 0.3 is 11.9 Å². The van der Waals surface area contributed by atoms with Crippen molar-refractivity contribution in [3.05, 3.63) is 23.8 Å². The number of allylic oxidation sites excluding steroid dienone is 4. The number of Topliss-reactive ketones (excluding diaryl/α,β-unsaturated/α-hetero) is 2. The second-order valence-corrected chi connectivity index (χ2v) is 13.2. The average molecular weight is 591 g/mol. The molecule has 3 N–H and O–H groups in total. The molecule has 0 amide bonds. The molecular weight excluding hydrogens is 547 g/mol. The van der Waals surface area contributed by atoms with E-state index in [9.17, 15) is 34.2 Å². The van der Waals surface area contributed by atoms with Gasteiger partial charge in [0.05, 0.1) is 6.10 Å². The summed E-state index contributed by atoms with van der Waals surface area (Å²) < 4.78 is 22.5. The number of carboxylic acid groups (broad SMARTS) is 1. The van der Waals surface area contributed by atoms with Gasteiger partial charge in [-0.1, -0.05) is 25.5 Å². The molecule has 0 aliphatic heterocycles. The van der Waals surface area contributed by atoms with Gasteiger partial charge in [-0.15, -0.1) is 0 Å².